The van der Waals surface area contributed by atoms with Crippen LogP contribution in [0.2, 0.25) is 0 Å². The number of nitrogens with one attached hydrogen (secondary N) is 3. The molecule has 0 fully saturated rings. The highest BCUT2D eigenvalue weighted by atomic mass is 16.3. The predicted octanol–water partition coefficient (Wildman–Crippen LogP) is 2.19. The molecule has 0 bridgehead atoms. The highest BCUT2D eigenvalue weighted by Gasteiger charge is 2.22. The van der Waals surface area contributed by atoms with Crippen molar-refractivity contribution in [3.8, 4) is 5.75 Å². The van der Waals surface area contributed by atoms with E-state index < -0.39 is 0 Å². The van der Waals surface area contributed by atoms with Gasteiger partial charge in [-0.05, 0) is 36.1 Å². The molecule has 0 saturated carbocycles. The van der Waals surface area contributed by atoms with E-state index in [1.165, 1.54) is 0 Å². The summed E-state index contributed by atoms with van der Waals surface area (Å²) in [7, 11) is 0. The first-order valence-corrected chi connectivity index (χ1v) is 8.03. The molecule has 0 spiro atoms. The van der Waals surface area contributed by atoms with Gasteiger partial charge in [0.05, 0.1) is 0 Å². The minimum atomic E-state index is -0.255. The number of hydrogen-bond donors (Lipinski definition) is 4. The zero-order chi connectivity index (χ0) is 16.5. The third-order valence-electron chi connectivity index (χ3n) is 4.50. The van der Waals surface area contributed by atoms with E-state index in [1.54, 1.807) is 6.07 Å². The molecule has 0 aliphatic heterocycles. The lowest BCUT2D eigenvalue weighted by molar-refractivity contribution is 0.0926. The Bertz CT molecular complexity index is 917. The molecule has 1 heterocycles. The molecule has 2 aromatic carbocycles. The summed E-state index contributed by atoms with van der Waals surface area (Å²) in [6, 6.07) is 11.4. The van der Waals surface area contributed by atoms with E-state index >= 15 is 0 Å². The summed E-state index contributed by atoms with van der Waals surface area (Å²) < 4.78 is 0. The molecule has 4 N–H and O–H groups in total. The van der Waals surface area contributed by atoms with Gasteiger partial charge in [-0.2, -0.15) is 5.10 Å². The first kappa shape index (κ1) is 14.7. The van der Waals surface area contributed by atoms with Crippen LogP contribution in [0.4, 0.5) is 0 Å². The van der Waals surface area contributed by atoms with Gasteiger partial charge in [0.2, 0.25) is 0 Å². The van der Waals surface area contributed by atoms with E-state index in [0.29, 0.717) is 12.2 Å². The summed E-state index contributed by atoms with van der Waals surface area (Å²) >= 11 is 0. The van der Waals surface area contributed by atoms with E-state index in [2.05, 4.69) is 21.0 Å². The Morgan fingerprint density at radius 2 is 2.08 bits per heavy atom. The number of phenolic OH excluding ortho intramolecular Hbond substituents is 1. The molecule has 6 nitrogen and oxygen atoms in total. The number of fused-ring (bicyclic) bond motifs is 2. The van der Waals surface area contributed by atoms with Crippen LogP contribution >= 0.6 is 0 Å². The highest BCUT2D eigenvalue weighted by Crippen LogP contribution is 2.27. The molecule has 1 aromatic heterocycles. The number of rotatable bonds is 4. The van der Waals surface area contributed by atoms with Crippen molar-refractivity contribution in [3.05, 3.63) is 58.9 Å². The van der Waals surface area contributed by atoms with Gasteiger partial charge in [-0.25, -0.2) is 5.43 Å². The van der Waals surface area contributed by atoms with E-state index in [0.717, 1.165) is 46.9 Å². The number of hydrogen-bond acceptors (Lipinski definition) is 4. The zero-order valence-corrected chi connectivity index (χ0v) is 13.1. The topological polar surface area (TPSA) is 90.0 Å². The van der Waals surface area contributed by atoms with Crippen LogP contribution in [0.1, 0.15) is 33.7 Å². The Kier molecular flexibility index (Phi) is 3.66. The number of aromatic hydroxyl groups is 1. The fourth-order valence-corrected chi connectivity index (χ4v) is 3.29. The van der Waals surface area contributed by atoms with Crippen molar-refractivity contribution in [1.82, 2.24) is 21.0 Å². The summed E-state index contributed by atoms with van der Waals surface area (Å²) in [4.78, 5) is 12.3. The number of nitrogens with zero attached hydrogens (tertiary/aromatic N) is 1. The molecular weight excluding hydrogens is 304 g/mol. The molecule has 1 aliphatic rings. The van der Waals surface area contributed by atoms with Crippen LogP contribution < -0.4 is 10.9 Å². The Balaban J connectivity index is 1.48. The van der Waals surface area contributed by atoms with Crippen LogP contribution in [0.15, 0.2) is 36.4 Å². The number of aromatic amines is 1. The first-order chi connectivity index (χ1) is 11.7. The van der Waals surface area contributed by atoms with Crippen molar-refractivity contribution in [2.45, 2.75) is 25.8 Å². The highest BCUT2D eigenvalue weighted by molar-refractivity contribution is 5.94. The monoisotopic (exact) mass is 322 g/mol. The lowest BCUT2D eigenvalue weighted by atomic mass is 10.0. The summed E-state index contributed by atoms with van der Waals surface area (Å²) in [5, 5.41) is 19.2. The van der Waals surface area contributed by atoms with Crippen molar-refractivity contribution in [1.29, 1.82) is 0 Å². The van der Waals surface area contributed by atoms with Crippen LogP contribution in [0, 0.1) is 0 Å². The van der Waals surface area contributed by atoms with E-state index in [-0.39, 0.29) is 11.7 Å². The number of amides is 1. The van der Waals surface area contributed by atoms with Crippen LogP contribution in [-0.4, -0.2) is 21.2 Å². The number of benzene rings is 2. The van der Waals surface area contributed by atoms with Gasteiger partial charge in [-0.3, -0.25) is 15.3 Å². The van der Waals surface area contributed by atoms with Crippen molar-refractivity contribution < 1.29 is 9.90 Å². The van der Waals surface area contributed by atoms with Crippen LogP contribution in [-0.2, 0) is 19.4 Å². The zero-order valence-electron chi connectivity index (χ0n) is 13.1. The minimum Gasteiger partial charge on any atom is -0.508 e. The summed E-state index contributed by atoms with van der Waals surface area (Å²) in [5.74, 6) is -0.0507. The summed E-state index contributed by atoms with van der Waals surface area (Å²) in [5.41, 5.74) is 8.86. The minimum absolute atomic E-state index is 0.205. The van der Waals surface area contributed by atoms with Crippen molar-refractivity contribution in [3.63, 3.8) is 0 Å². The predicted molar refractivity (Wildman–Crippen MR) is 90.5 cm³/mol. The van der Waals surface area contributed by atoms with Gasteiger partial charge in [0.25, 0.3) is 5.91 Å². The first-order valence-electron chi connectivity index (χ1n) is 8.03. The molecular formula is C18H18N4O2. The maximum atomic E-state index is 12.3. The molecule has 4 rings (SSSR count). The number of carbonyl (C=O) groups excluding carboxylic acids is 1. The van der Waals surface area contributed by atoms with Gasteiger partial charge in [0.15, 0.2) is 5.69 Å². The summed E-state index contributed by atoms with van der Waals surface area (Å²) in [6.07, 6.45) is 2.90. The third-order valence-corrected chi connectivity index (χ3v) is 4.50. The van der Waals surface area contributed by atoms with Crippen LogP contribution in [0.3, 0.4) is 0 Å². The Labute approximate surface area is 138 Å². The smallest absolute Gasteiger partial charge is 0.286 e. The van der Waals surface area contributed by atoms with Gasteiger partial charge in [0.1, 0.15) is 5.75 Å². The van der Waals surface area contributed by atoms with E-state index in [4.69, 9.17) is 0 Å². The second-order valence-electron chi connectivity index (χ2n) is 5.97. The Hall–Kier alpha value is -2.86. The molecule has 3 aromatic rings. The number of aromatic nitrogens is 2. The molecule has 1 aliphatic carbocycles. The molecule has 0 unspecified atom stereocenters. The fraction of sp³-hybridized carbons (Fsp3) is 0.222. The van der Waals surface area contributed by atoms with Crippen molar-refractivity contribution >= 4 is 16.7 Å². The van der Waals surface area contributed by atoms with E-state index in [1.807, 2.05) is 30.3 Å². The lowest BCUT2D eigenvalue weighted by Gasteiger charge is -2.11. The van der Waals surface area contributed by atoms with Gasteiger partial charge in [-0.1, -0.05) is 30.3 Å². The maximum absolute atomic E-state index is 12.3. The van der Waals surface area contributed by atoms with E-state index in [9.17, 15) is 9.90 Å². The second kappa shape index (κ2) is 5.98. The van der Waals surface area contributed by atoms with Gasteiger partial charge >= 0.3 is 0 Å². The number of phenols is 1. The molecule has 122 valence electrons. The number of carbonyl (C=O) groups is 1. The second-order valence-corrected chi connectivity index (χ2v) is 5.97. The largest absolute Gasteiger partial charge is 0.508 e. The van der Waals surface area contributed by atoms with Crippen LogP contribution in [0.5, 0.6) is 5.75 Å². The fourth-order valence-electron chi connectivity index (χ4n) is 3.29. The SMILES string of the molecule is O=C(NNCc1c(O)ccc2ccccc12)c1n[nH]c2c1CCC2. The van der Waals surface area contributed by atoms with Gasteiger partial charge < -0.3 is 5.11 Å². The van der Waals surface area contributed by atoms with Gasteiger partial charge in [-0.15, -0.1) is 0 Å². The number of H-pyrrole nitrogens is 1. The number of hydrazine groups is 1. The van der Waals surface area contributed by atoms with Crippen molar-refractivity contribution in [2.75, 3.05) is 0 Å². The molecule has 0 atom stereocenters. The summed E-state index contributed by atoms with van der Waals surface area (Å²) in [6.45, 7) is 0.325. The standard InChI is InChI=1S/C18H18N4O2/c23-16-9-8-11-4-1-2-5-12(11)14(16)10-19-22-18(24)17-13-6-3-7-15(13)20-21-17/h1-2,4-5,8-9,19,23H,3,6-7,10H2,(H,20,21)(H,22,24). The molecule has 0 saturated heterocycles. The quantitative estimate of drug-likeness (QED) is 0.554. The molecule has 6 heteroatoms. The van der Waals surface area contributed by atoms with Gasteiger partial charge in [0, 0.05) is 23.4 Å². The third kappa shape index (κ3) is 2.51. The number of aryl methyl sites for hydroxylation is 1. The molecule has 1 amide bonds. The molecule has 24 heavy (non-hydrogen) atoms. The Morgan fingerprint density at radius 3 is 3.00 bits per heavy atom. The maximum Gasteiger partial charge on any atom is 0.286 e. The normalized spacial score (nSPS) is 13.2. The van der Waals surface area contributed by atoms with Crippen LogP contribution in [0.25, 0.3) is 10.8 Å². The average Bonchev–Trinajstić information content (AvgIpc) is 3.20. The van der Waals surface area contributed by atoms with Crippen molar-refractivity contribution in [2.24, 2.45) is 0 Å². The Morgan fingerprint density at radius 1 is 1.21 bits per heavy atom. The average molecular weight is 322 g/mol. The lowest BCUT2D eigenvalue weighted by Crippen LogP contribution is -2.37. The molecule has 0 radical (unpaired) electrons.